The van der Waals surface area contributed by atoms with Gasteiger partial charge in [-0.05, 0) is 24.1 Å². The highest BCUT2D eigenvalue weighted by Gasteiger charge is 2.29. The molecular formula is C18H18N2O6S2. The van der Waals surface area contributed by atoms with Crippen LogP contribution in [0, 0.1) is 16.0 Å². The molecule has 0 saturated carbocycles. The first kappa shape index (κ1) is 20.2. The second kappa shape index (κ2) is 7.46. The number of rotatable bonds is 6. The van der Waals surface area contributed by atoms with Crippen LogP contribution in [0.4, 0.5) is 5.69 Å². The van der Waals surface area contributed by atoms with Gasteiger partial charge in [0.05, 0.1) is 16.9 Å². The number of carbonyl (C=O) groups is 1. The molecule has 0 aliphatic rings. The number of benzene rings is 2. The third-order valence-electron chi connectivity index (χ3n) is 4.35. The smallest absolute Gasteiger partial charge is 0.324 e. The Morgan fingerprint density at radius 2 is 1.75 bits per heavy atom. The number of nitrogens with zero attached hydrogens (tertiary/aromatic N) is 1. The van der Waals surface area contributed by atoms with Crippen molar-refractivity contribution >= 4 is 53.2 Å². The number of sulfonamides is 1. The molecule has 3 rings (SSSR count). The van der Waals surface area contributed by atoms with Crippen molar-refractivity contribution in [2.45, 2.75) is 24.8 Å². The molecule has 1 unspecified atom stereocenters. The van der Waals surface area contributed by atoms with E-state index in [1.54, 1.807) is 26.0 Å². The van der Waals surface area contributed by atoms with Crippen LogP contribution in [0.25, 0.3) is 20.2 Å². The Labute approximate surface area is 165 Å². The third kappa shape index (κ3) is 3.71. The maximum Gasteiger partial charge on any atom is 0.324 e. The maximum atomic E-state index is 12.8. The number of methoxy groups -OCH3 is 1. The highest BCUT2D eigenvalue weighted by Crippen LogP contribution is 2.36. The number of thiophene rings is 1. The Balaban J connectivity index is 2.04. The van der Waals surface area contributed by atoms with Crippen molar-refractivity contribution < 1.29 is 22.9 Å². The summed E-state index contributed by atoms with van der Waals surface area (Å²) in [6, 6.07) is 8.16. The molecule has 1 heterocycles. The van der Waals surface area contributed by atoms with Crippen molar-refractivity contribution in [3.05, 3.63) is 46.5 Å². The molecule has 10 heteroatoms. The molecule has 0 radical (unpaired) electrons. The van der Waals surface area contributed by atoms with Crippen LogP contribution in [0.2, 0.25) is 0 Å². The number of esters is 1. The molecule has 1 N–H and O–H groups in total. The monoisotopic (exact) mass is 422 g/mol. The van der Waals surface area contributed by atoms with E-state index in [2.05, 4.69) is 9.46 Å². The molecule has 0 aliphatic heterocycles. The van der Waals surface area contributed by atoms with Crippen LogP contribution in [0.3, 0.4) is 0 Å². The number of nitro groups is 1. The summed E-state index contributed by atoms with van der Waals surface area (Å²) in [6.45, 7) is 3.43. The van der Waals surface area contributed by atoms with Crippen molar-refractivity contribution in [2.24, 2.45) is 5.92 Å². The fraction of sp³-hybridized carbons (Fsp3) is 0.278. The largest absolute Gasteiger partial charge is 0.468 e. The van der Waals surface area contributed by atoms with Crippen LogP contribution in [-0.4, -0.2) is 32.5 Å². The van der Waals surface area contributed by atoms with Gasteiger partial charge in [-0.3, -0.25) is 14.9 Å². The predicted octanol–water partition coefficient (Wildman–Crippen LogP) is 3.44. The van der Waals surface area contributed by atoms with E-state index in [0.29, 0.717) is 9.40 Å². The van der Waals surface area contributed by atoms with Gasteiger partial charge in [0.1, 0.15) is 6.04 Å². The summed E-state index contributed by atoms with van der Waals surface area (Å²) in [6.07, 6.45) is 0. The number of non-ortho nitro benzene ring substituents is 1. The molecular weight excluding hydrogens is 404 g/mol. The van der Waals surface area contributed by atoms with Gasteiger partial charge in [0, 0.05) is 32.3 Å². The molecule has 8 nitrogen and oxygen atoms in total. The van der Waals surface area contributed by atoms with Crippen LogP contribution >= 0.6 is 11.3 Å². The van der Waals surface area contributed by atoms with Gasteiger partial charge in [-0.25, -0.2) is 8.42 Å². The van der Waals surface area contributed by atoms with E-state index in [-0.39, 0.29) is 16.5 Å². The number of nitro benzene ring substituents is 1. The Hall–Kier alpha value is -2.56. The van der Waals surface area contributed by atoms with Gasteiger partial charge in [-0.1, -0.05) is 19.9 Å². The van der Waals surface area contributed by atoms with Gasteiger partial charge in [0.25, 0.3) is 5.69 Å². The van der Waals surface area contributed by atoms with Gasteiger partial charge in [0.15, 0.2) is 0 Å². The van der Waals surface area contributed by atoms with E-state index in [1.165, 1.54) is 42.7 Å². The van der Waals surface area contributed by atoms with E-state index in [1.807, 2.05) is 0 Å². The predicted molar refractivity (Wildman–Crippen MR) is 107 cm³/mol. The summed E-state index contributed by atoms with van der Waals surface area (Å²) < 4.78 is 34.0. The fourth-order valence-corrected chi connectivity index (χ4v) is 5.46. The van der Waals surface area contributed by atoms with Crippen molar-refractivity contribution in [1.82, 2.24) is 4.72 Å². The first-order valence-corrected chi connectivity index (χ1v) is 10.6. The lowest BCUT2D eigenvalue weighted by Gasteiger charge is -2.19. The number of carbonyl (C=O) groups excluding carboxylic acids is 1. The van der Waals surface area contributed by atoms with Crippen molar-refractivity contribution in [2.75, 3.05) is 7.11 Å². The van der Waals surface area contributed by atoms with Crippen LogP contribution in [0.15, 0.2) is 41.3 Å². The molecule has 0 amide bonds. The number of hydrogen-bond donors (Lipinski definition) is 1. The minimum Gasteiger partial charge on any atom is -0.468 e. The van der Waals surface area contributed by atoms with Gasteiger partial charge < -0.3 is 4.74 Å². The normalized spacial score (nSPS) is 13.1. The Morgan fingerprint density at radius 1 is 1.14 bits per heavy atom. The summed E-state index contributed by atoms with van der Waals surface area (Å²) in [7, 11) is -2.76. The molecule has 0 spiro atoms. The molecule has 1 aromatic heterocycles. The number of fused-ring (bicyclic) bond motifs is 3. The number of hydrogen-bond acceptors (Lipinski definition) is 7. The summed E-state index contributed by atoms with van der Waals surface area (Å²) in [4.78, 5) is 22.4. The van der Waals surface area contributed by atoms with Crippen LogP contribution < -0.4 is 4.72 Å². The Morgan fingerprint density at radius 3 is 2.32 bits per heavy atom. The van der Waals surface area contributed by atoms with Crippen LogP contribution in [0.5, 0.6) is 0 Å². The topological polar surface area (TPSA) is 116 Å². The molecule has 148 valence electrons. The van der Waals surface area contributed by atoms with Crippen LogP contribution in [0.1, 0.15) is 13.8 Å². The molecule has 28 heavy (non-hydrogen) atoms. The van der Waals surface area contributed by atoms with E-state index >= 15 is 0 Å². The van der Waals surface area contributed by atoms with E-state index in [9.17, 15) is 23.3 Å². The number of ether oxygens (including phenoxy) is 1. The Bertz CT molecular complexity index is 1180. The molecule has 0 bridgehead atoms. The molecule has 2 aromatic carbocycles. The average Bonchev–Trinajstić information content (AvgIpc) is 3.02. The standard InChI is InChI=1S/C18H18N2O6S2/c1-10(2)17(18(21)26-3)19-28(24,25)12-5-7-14-13-6-4-11(20(22)23)8-15(13)27-16(14)9-12/h4-10,17,19H,1-3H3. The zero-order chi connectivity index (χ0) is 20.6. The highest BCUT2D eigenvalue weighted by molar-refractivity contribution is 7.89. The first-order chi connectivity index (χ1) is 13.1. The van der Waals surface area contributed by atoms with Gasteiger partial charge in [-0.15, -0.1) is 11.3 Å². The van der Waals surface area contributed by atoms with Crippen molar-refractivity contribution in [1.29, 1.82) is 0 Å². The minimum atomic E-state index is -3.96. The maximum absolute atomic E-state index is 12.8. The van der Waals surface area contributed by atoms with Crippen LogP contribution in [-0.2, 0) is 19.6 Å². The molecule has 0 fully saturated rings. The molecule has 0 saturated heterocycles. The molecule has 0 aliphatic carbocycles. The van der Waals surface area contributed by atoms with Crippen molar-refractivity contribution in [3.63, 3.8) is 0 Å². The van der Waals surface area contributed by atoms with Gasteiger partial charge in [-0.2, -0.15) is 4.72 Å². The van der Waals surface area contributed by atoms with E-state index in [4.69, 9.17) is 0 Å². The molecule has 3 aromatic rings. The summed E-state index contributed by atoms with van der Waals surface area (Å²) in [5.41, 5.74) is -0.0218. The zero-order valence-electron chi connectivity index (χ0n) is 15.3. The fourth-order valence-electron chi connectivity index (χ4n) is 2.85. The first-order valence-electron chi connectivity index (χ1n) is 8.35. The molecule has 1 atom stereocenters. The Kier molecular flexibility index (Phi) is 5.37. The lowest BCUT2D eigenvalue weighted by atomic mass is 10.1. The highest BCUT2D eigenvalue weighted by atomic mass is 32.2. The quantitative estimate of drug-likeness (QED) is 0.370. The van der Waals surface area contributed by atoms with E-state index in [0.717, 1.165) is 10.8 Å². The summed E-state index contributed by atoms with van der Waals surface area (Å²) in [5.74, 6) is -0.954. The number of nitrogens with one attached hydrogen (secondary N) is 1. The zero-order valence-corrected chi connectivity index (χ0v) is 17.0. The van der Waals surface area contributed by atoms with Crippen molar-refractivity contribution in [3.8, 4) is 0 Å². The van der Waals surface area contributed by atoms with Gasteiger partial charge >= 0.3 is 5.97 Å². The third-order valence-corrected chi connectivity index (χ3v) is 6.91. The SMILES string of the molecule is COC(=O)C(NS(=O)(=O)c1ccc2c(c1)sc1cc([N+](=O)[O-])ccc12)C(C)C. The second-order valence-corrected chi connectivity index (χ2v) is 9.36. The summed E-state index contributed by atoms with van der Waals surface area (Å²) >= 11 is 1.27. The lowest BCUT2D eigenvalue weighted by molar-refractivity contribution is -0.384. The lowest BCUT2D eigenvalue weighted by Crippen LogP contribution is -2.44. The second-order valence-electron chi connectivity index (χ2n) is 6.56. The summed E-state index contributed by atoms with van der Waals surface area (Å²) in [5, 5.41) is 12.6. The van der Waals surface area contributed by atoms with Gasteiger partial charge in [0.2, 0.25) is 10.0 Å². The minimum absolute atomic E-state index is 0.00982. The van der Waals surface area contributed by atoms with E-state index < -0.39 is 27.0 Å². The average molecular weight is 422 g/mol.